The van der Waals surface area contributed by atoms with Gasteiger partial charge in [-0.3, -0.25) is 4.79 Å². The van der Waals surface area contributed by atoms with E-state index in [1.807, 2.05) is 6.92 Å². The molecule has 0 aliphatic carbocycles. The first-order valence-corrected chi connectivity index (χ1v) is 2.55. The molecule has 46 valence electrons. The molecular weight excluding hydrogens is 104 g/mol. The van der Waals surface area contributed by atoms with E-state index < -0.39 is 0 Å². The first-order valence-electron chi connectivity index (χ1n) is 2.55. The van der Waals surface area contributed by atoms with Gasteiger partial charge in [-0.25, -0.2) is 5.43 Å². The molecular formula is C5H10N2O. The fourth-order valence-electron chi connectivity index (χ4n) is 0.228. The maximum atomic E-state index is 10.1. The molecule has 0 atom stereocenters. The molecule has 1 N–H and O–H groups in total. The van der Waals surface area contributed by atoms with E-state index in [-0.39, 0.29) is 5.91 Å². The highest BCUT2D eigenvalue weighted by molar-refractivity contribution is 5.73. The molecule has 0 saturated carbocycles. The predicted molar refractivity (Wildman–Crippen MR) is 32.6 cm³/mol. The van der Waals surface area contributed by atoms with Crippen LogP contribution in [0.4, 0.5) is 0 Å². The average molecular weight is 114 g/mol. The molecule has 0 saturated heterocycles. The van der Waals surface area contributed by atoms with E-state index in [0.717, 1.165) is 6.42 Å². The van der Waals surface area contributed by atoms with Crippen molar-refractivity contribution in [1.29, 1.82) is 0 Å². The Morgan fingerprint density at radius 2 is 2.50 bits per heavy atom. The Kier molecular flexibility index (Phi) is 3.84. The van der Waals surface area contributed by atoms with Crippen molar-refractivity contribution < 1.29 is 4.79 Å². The molecule has 1 amide bonds. The number of hydrogen-bond acceptors (Lipinski definition) is 2. The van der Waals surface area contributed by atoms with Crippen LogP contribution in [0, 0.1) is 0 Å². The summed E-state index contributed by atoms with van der Waals surface area (Å²) in [6.07, 6.45) is 2.49. The van der Waals surface area contributed by atoms with E-state index in [4.69, 9.17) is 0 Å². The van der Waals surface area contributed by atoms with E-state index in [2.05, 4.69) is 10.5 Å². The van der Waals surface area contributed by atoms with Crippen LogP contribution in [0.25, 0.3) is 0 Å². The van der Waals surface area contributed by atoms with Crippen LogP contribution in [0.3, 0.4) is 0 Å². The number of rotatable bonds is 2. The first-order chi connectivity index (χ1) is 3.77. The zero-order chi connectivity index (χ0) is 6.41. The van der Waals surface area contributed by atoms with Gasteiger partial charge in [-0.05, 0) is 6.42 Å². The Bertz CT molecular complexity index is 98.6. The zero-order valence-corrected chi connectivity index (χ0v) is 5.14. The number of hydrazone groups is 1. The highest BCUT2D eigenvalue weighted by atomic mass is 16.2. The smallest absolute Gasteiger partial charge is 0.236 e. The van der Waals surface area contributed by atoms with Gasteiger partial charge in [-0.1, -0.05) is 6.92 Å². The van der Waals surface area contributed by atoms with Crippen molar-refractivity contribution >= 4 is 12.1 Å². The van der Waals surface area contributed by atoms with Gasteiger partial charge in [0.1, 0.15) is 0 Å². The zero-order valence-electron chi connectivity index (χ0n) is 5.14. The van der Waals surface area contributed by atoms with Crippen LogP contribution >= 0.6 is 0 Å². The molecule has 0 rings (SSSR count). The third kappa shape index (κ3) is 5.14. The van der Waals surface area contributed by atoms with Crippen molar-refractivity contribution in [3.8, 4) is 0 Å². The Morgan fingerprint density at radius 3 is 2.88 bits per heavy atom. The molecule has 3 nitrogen and oxygen atoms in total. The molecule has 0 aromatic carbocycles. The summed E-state index contributed by atoms with van der Waals surface area (Å²) in [5, 5.41) is 3.56. The van der Waals surface area contributed by atoms with Crippen molar-refractivity contribution in [2.45, 2.75) is 20.3 Å². The fourth-order valence-corrected chi connectivity index (χ4v) is 0.228. The number of hydrogen-bond donors (Lipinski definition) is 1. The van der Waals surface area contributed by atoms with Gasteiger partial charge in [0.2, 0.25) is 5.91 Å². The summed E-state index contributed by atoms with van der Waals surface area (Å²) in [5.74, 6) is -0.130. The van der Waals surface area contributed by atoms with Crippen LogP contribution in [0.1, 0.15) is 20.3 Å². The van der Waals surface area contributed by atoms with Gasteiger partial charge in [0.25, 0.3) is 0 Å². The molecule has 0 aromatic heterocycles. The van der Waals surface area contributed by atoms with Gasteiger partial charge in [0.15, 0.2) is 0 Å². The monoisotopic (exact) mass is 114 g/mol. The lowest BCUT2D eigenvalue weighted by Crippen LogP contribution is -2.11. The van der Waals surface area contributed by atoms with Crippen molar-refractivity contribution in [2.24, 2.45) is 5.10 Å². The number of nitrogens with one attached hydrogen (secondary N) is 1. The second-order valence-corrected chi connectivity index (χ2v) is 1.39. The van der Waals surface area contributed by atoms with Crippen molar-refractivity contribution in [3.05, 3.63) is 0 Å². The summed E-state index contributed by atoms with van der Waals surface area (Å²) in [6.45, 7) is 3.37. The molecule has 3 heteroatoms. The second-order valence-electron chi connectivity index (χ2n) is 1.39. The lowest BCUT2D eigenvalue weighted by atomic mass is 10.6. The van der Waals surface area contributed by atoms with Crippen LogP contribution in [0.2, 0.25) is 0 Å². The molecule has 0 bridgehead atoms. The predicted octanol–water partition coefficient (Wildman–Crippen LogP) is 0.518. The standard InChI is InChI=1S/C5H10N2O/c1-3-4-6-7-5(2)8/h4H,3H2,1-2H3,(H,7,8)/b6-4-. The maximum absolute atomic E-state index is 10.1. The summed E-state index contributed by atoms with van der Waals surface area (Å²) in [5.41, 5.74) is 2.28. The van der Waals surface area contributed by atoms with E-state index >= 15 is 0 Å². The average Bonchev–Trinajstić information content (AvgIpc) is 1.66. The van der Waals surface area contributed by atoms with E-state index in [1.54, 1.807) is 6.21 Å². The molecule has 0 spiro atoms. The Morgan fingerprint density at radius 1 is 1.88 bits per heavy atom. The topological polar surface area (TPSA) is 41.5 Å². The van der Waals surface area contributed by atoms with Crippen LogP contribution < -0.4 is 5.43 Å². The molecule has 8 heavy (non-hydrogen) atoms. The molecule has 0 heterocycles. The Balaban J connectivity index is 3.16. The van der Waals surface area contributed by atoms with Crippen LogP contribution in [-0.2, 0) is 4.79 Å². The number of carbonyl (C=O) groups excluding carboxylic acids is 1. The lowest BCUT2D eigenvalue weighted by molar-refractivity contribution is -0.118. The first kappa shape index (κ1) is 7.14. The molecule has 0 aliphatic rings. The van der Waals surface area contributed by atoms with E-state index in [1.165, 1.54) is 6.92 Å². The van der Waals surface area contributed by atoms with Crippen LogP contribution in [0.5, 0.6) is 0 Å². The molecule has 0 aromatic rings. The largest absolute Gasteiger partial charge is 0.274 e. The molecule has 0 aliphatic heterocycles. The van der Waals surface area contributed by atoms with E-state index in [9.17, 15) is 4.79 Å². The van der Waals surface area contributed by atoms with E-state index in [0.29, 0.717) is 0 Å². The normalized spacial score (nSPS) is 9.75. The molecule has 0 radical (unpaired) electrons. The fraction of sp³-hybridized carbons (Fsp3) is 0.600. The van der Waals surface area contributed by atoms with Gasteiger partial charge in [-0.2, -0.15) is 5.10 Å². The van der Waals surface area contributed by atoms with Crippen molar-refractivity contribution in [1.82, 2.24) is 5.43 Å². The SMILES string of the molecule is CC/C=N\NC(C)=O. The molecule has 0 fully saturated rings. The quantitative estimate of drug-likeness (QED) is 0.412. The highest BCUT2D eigenvalue weighted by Gasteiger charge is 1.79. The number of amides is 1. The van der Waals surface area contributed by atoms with Gasteiger partial charge < -0.3 is 0 Å². The highest BCUT2D eigenvalue weighted by Crippen LogP contribution is 1.65. The van der Waals surface area contributed by atoms with Crippen molar-refractivity contribution in [2.75, 3.05) is 0 Å². The minimum atomic E-state index is -0.130. The summed E-state index contributed by atoms with van der Waals surface area (Å²) in [7, 11) is 0. The van der Waals surface area contributed by atoms with Crippen LogP contribution in [0.15, 0.2) is 5.10 Å². The Hall–Kier alpha value is -0.860. The maximum Gasteiger partial charge on any atom is 0.236 e. The summed E-state index contributed by atoms with van der Waals surface area (Å²) >= 11 is 0. The third-order valence-electron chi connectivity index (χ3n) is 0.496. The second kappa shape index (κ2) is 4.30. The van der Waals surface area contributed by atoms with Gasteiger partial charge in [0.05, 0.1) is 0 Å². The van der Waals surface area contributed by atoms with Crippen LogP contribution in [-0.4, -0.2) is 12.1 Å². The minimum absolute atomic E-state index is 0.130. The van der Waals surface area contributed by atoms with Gasteiger partial charge >= 0.3 is 0 Å². The Labute approximate surface area is 48.8 Å². The summed E-state index contributed by atoms with van der Waals surface area (Å²) < 4.78 is 0. The van der Waals surface area contributed by atoms with Crippen molar-refractivity contribution in [3.63, 3.8) is 0 Å². The number of nitrogens with zero attached hydrogens (tertiary/aromatic N) is 1. The number of carbonyl (C=O) groups is 1. The lowest BCUT2D eigenvalue weighted by Gasteiger charge is -1.86. The summed E-state index contributed by atoms with van der Waals surface area (Å²) in [6, 6.07) is 0. The third-order valence-corrected chi connectivity index (χ3v) is 0.496. The van der Waals surface area contributed by atoms with Gasteiger partial charge in [0, 0.05) is 13.1 Å². The summed E-state index contributed by atoms with van der Waals surface area (Å²) in [4.78, 5) is 10.1. The van der Waals surface area contributed by atoms with Gasteiger partial charge in [-0.15, -0.1) is 0 Å². The molecule has 0 unspecified atom stereocenters. The minimum Gasteiger partial charge on any atom is -0.274 e.